The fraction of sp³-hybridized carbons (Fsp3) is 0.111. The molecule has 0 aliphatic rings. The number of nitrogens with one attached hydrogen (secondary N) is 1. The summed E-state index contributed by atoms with van der Waals surface area (Å²) in [5, 5.41) is 0. The Balaban J connectivity index is 3.46. The van der Waals surface area contributed by atoms with Gasteiger partial charge in [0.15, 0.2) is 0 Å². The lowest BCUT2D eigenvalue weighted by atomic mass is 10.2. The van der Waals surface area contributed by atoms with E-state index in [4.69, 9.17) is 0 Å². The average molecular weight is 180 g/mol. The summed E-state index contributed by atoms with van der Waals surface area (Å²) in [6.45, 7) is 4.95. The van der Waals surface area contributed by atoms with Crippen molar-refractivity contribution in [2.24, 2.45) is 0 Å². The number of allylic oxidation sites excluding steroid dienone is 1. The predicted octanol–water partition coefficient (Wildman–Crippen LogP) is 1.74. The molecule has 0 atom stereocenters. The molecule has 4 heteroatoms. The highest BCUT2D eigenvalue weighted by atomic mass is 19.1. The zero-order chi connectivity index (χ0) is 9.84. The van der Waals surface area contributed by atoms with Crippen LogP contribution in [-0.4, -0.2) is 9.97 Å². The Kier molecular flexibility index (Phi) is 2.74. The number of hydrogen-bond acceptors (Lipinski definition) is 2. The SMILES string of the molecule is C=Cc1c(/C(F)=C\C)nc[nH]c1=O. The molecule has 68 valence electrons. The summed E-state index contributed by atoms with van der Waals surface area (Å²) in [6, 6.07) is 0. The third-order valence-electron chi connectivity index (χ3n) is 1.57. The molecule has 0 saturated carbocycles. The van der Waals surface area contributed by atoms with Crippen LogP contribution in [0, 0.1) is 0 Å². The largest absolute Gasteiger partial charge is 0.313 e. The molecule has 0 fully saturated rings. The molecule has 1 aromatic rings. The molecule has 0 radical (unpaired) electrons. The Morgan fingerprint density at radius 1 is 1.77 bits per heavy atom. The van der Waals surface area contributed by atoms with Gasteiger partial charge >= 0.3 is 0 Å². The number of rotatable bonds is 2. The number of aromatic amines is 1. The second-order valence-electron chi connectivity index (χ2n) is 2.33. The predicted molar refractivity (Wildman–Crippen MR) is 49.7 cm³/mol. The van der Waals surface area contributed by atoms with E-state index in [0.29, 0.717) is 0 Å². The van der Waals surface area contributed by atoms with Gasteiger partial charge in [0, 0.05) is 0 Å². The van der Waals surface area contributed by atoms with Crippen LogP contribution in [0.4, 0.5) is 4.39 Å². The van der Waals surface area contributed by atoms with Gasteiger partial charge in [-0.25, -0.2) is 9.37 Å². The van der Waals surface area contributed by atoms with Gasteiger partial charge in [0.25, 0.3) is 5.56 Å². The minimum absolute atomic E-state index is 0.0289. The summed E-state index contributed by atoms with van der Waals surface area (Å²) >= 11 is 0. The van der Waals surface area contributed by atoms with Gasteiger partial charge in [-0.2, -0.15) is 0 Å². The van der Waals surface area contributed by atoms with Gasteiger partial charge in [0.2, 0.25) is 0 Å². The van der Waals surface area contributed by atoms with Crippen molar-refractivity contribution in [3.63, 3.8) is 0 Å². The summed E-state index contributed by atoms with van der Waals surface area (Å²) in [6.07, 6.45) is 3.69. The van der Waals surface area contributed by atoms with Crippen LogP contribution >= 0.6 is 0 Å². The molecule has 0 aliphatic heterocycles. The van der Waals surface area contributed by atoms with Gasteiger partial charge in [-0.05, 0) is 13.0 Å². The van der Waals surface area contributed by atoms with E-state index in [2.05, 4.69) is 16.5 Å². The maximum absolute atomic E-state index is 13.1. The van der Waals surface area contributed by atoms with Crippen LogP contribution < -0.4 is 5.56 Å². The fourth-order valence-corrected chi connectivity index (χ4v) is 0.927. The maximum Gasteiger partial charge on any atom is 0.258 e. The normalized spacial score (nSPS) is 11.4. The van der Waals surface area contributed by atoms with E-state index < -0.39 is 11.4 Å². The van der Waals surface area contributed by atoms with Crippen LogP contribution in [0.2, 0.25) is 0 Å². The first-order valence-corrected chi connectivity index (χ1v) is 3.73. The van der Waals surface area contributed by atoms with Gasteiger partial charge in [0.05, 0.1) is 11.9 Å². The van der Waals surface area contributed by atoms with Crippen molar-refractivity contribution in [1.82, 2.24) is 9.97 Å². The van der Waals surface area contributed by atoms with E-state index in [1.165, 1.54) is 19.1 Å². The quantitative estimate of drug-likeness (QED) is 0.753. The molecule has 0 unspecified atom stereocenters. The van der Waals surface area contributed by atoms with Crippen molar-refractivity contribution in [3.8, 4) is 0 Å². The van der Waals surface area contributed by atoms with E-state index in [1.54, 1.807) is 0 Å². The summed E-state index contributed by atoms with van der Waals surface area (Å²) in [5.41, 5.74) is -0.212. The van der Waals surface area contributed by atoms with E-state index in [0.717, 1.165) is 6.33 Å². The molecule has 1 N–H and O–H groups in total. The summed E-state index contributed by atoms with van der Waals surface area (Å²) in [5.74, 6) is -0.527. The van der Waals surface area contributed by atoms with Crippen LogP contribution in [0.15, 0.2) is 23.8 Å². The van der Waals surface area contributed by atoms with Crippen LogP contribution in [0.3, 0.4) is 0 Å². The van der Waals surface area contributed by atoms with Crippen LogP contribution in [0.1, 0.15) is 18.2 Å². The molecular formula is C9H9FN2O. The van der Waals surface area contributed by atoms with Gasteiger partial charge in [-0.1, -0.05) is 12.7 Å². The molecule has 0 aromatic carbocycles. The standard InChI is InChI=1S/C9H9FN2O/c1-3-6-8(7(10)4-2)11-5-12-9(6)13/h3-5H,1H2,2H3,(H,11,12,13)/b7-4+. The number of aromatic nitrogens is 2. The highest BCUT2D eigenvalue weighted by Gasteiger charge is 2.08. The first-order chi connectivity index (χ1) is 6.20. The van der Waals surface area contributed by atoms with Crippen molar-refractivity contribution in [2.45, 2.75) is 6.92 Å². The lowest BCUT2D eigenvalue weighted by Crippen LogP contribution is -2.12. The van der Waals surface area contributed by atoms with Crippen molar-refractivity contribution in [1.29, 1.82) is 0 Å². The van der Waals surface area contributed by atoms with Crippen molar-refractivity contribution < 1.29 is 4.39 Å². The molecule has 1 heterocycles. The highest BCUT2D eigenvalue weighted by Crippen LogP contribution is 2.14. The molecule has 0 amide bonds. The third-order valence-corrected chi connectivity index (χ3v) is 1.57. The summed E-state index contributed by atoms with van der Waals surface area (Å²) in [4.78, 5) is 17.2. The minimum Gasteiger partial charge on any atom is -0.313 e. The Morgan fingerprint density at radius 2 is 2.46 bits per heavy atom. The zero-order valence-electron chi connectivity index (χ0n) is 7.17. The number of halogens is 1. The Labute approximate surface area is 74.6 Å². The zero-order valence-corrected chi connectivity index (χ0v) is 7.17. The summed E-state index contributed by atoms with van der Waals surface area (Å²) < 4.78 is 13.1. The average Bonchev–Trinajstić information content (AvgIpc) is 2.16. The Bertz CT molecular complexity index is 406. The summed E-state index contributed by atoms with van der Waals surface area (Å²) in [7, 11) is 0. The van der Waals surface area contributed by atoms with Gasteiger partial charge in [-0.15, -0.1) is 0 Å². The number of nitrogens with zero attached hydrogens (tertiary/aromatic N) is 1. The lowest BCUT2D eigenvalue weighted by molar-refractivity contribution is 0.748. The van der Waals surface area contributed by atoms with Gasteiger partial charge < -0.3 is 4.98 Å². The van der Waals surface area contributed by atoms with Crippen LogP contribution in [-0.2, 0) is 0 Å². The van der Waals surface area contributed by atoms with E-state index in [9.17, 15) is 9.18 Å². The number of hydrogen-bond donors (Lipinski definition) is 1. The molecular weight excluding hydrogens is 171 g/mol. The molecule has 0 spiro atoms. The second kappa shape index (κ2) is 3.80. The third kappa shape index (κ3) is 1.72. The van der Waals surface area contributed by atoms with E-state index >= 15 is 0 Å². The maximum atomic E-state index is 13.1. The Morgan fingerprint density at radius 3 is 3.00 bits per heavy atom. The van der Waals surface area contributed by atoms with E-state index in [-0.39, 0.29) is 11.3 Å². The number of H-pyrrole nitrogens is 1. The molecule has 1 aromatic heterocycles. The molecule has 13 heavy (non-hydrogen) atoms. The fourth-order valence-electron chi connectivity index (χ4n) is 0.927. The van der Waals surface area contributed by atoms with Crippen molar-refractivity contribution in [2.75, 3.05) is 0 Å². The van der Waals surface area contributed by atoms with Crippen LogP contribution in [0.25, 0.3) is 11.9 Å². The lowest BCUT2D eigenvalue weighted by Gasteiger charge is -1.99. The second-order valence-corrected chi connectivity index (χ2v) is 2.33. The topological polar surface area (TPSA) is 45.8 Å². The monoisotopic (exact) mass is 180 g/mol. The minimum atomic E-state index is -0.527. The van der Waals surface area contributed by atoms with Crippen LogP contribution in [0.5, 0.6) is 0 Å². The molecule has 3 nitrogen and oxygen atoms in total. The van der Waals surface area contributed by atoms with Crippen molar-refractivity contribution in [3.05, 3.63) is 40.6 Å². The Hall–Kier alpha value is -1.71. The molecule has 1 rings (SSSR count). The highest BCUT2D eigenvalue weighted by molar-refractivity contribution is 5.65. The first-order valence-electron chi connectivity index (χ1n) is 3.73. The first kappa shape index (κ1) is 9.38. The van der Waals surface area contributed by atoms with Gasteiger partial charge in [-0.3, -0.25) is 4.79 Å². The van der Waals surface area contributed by atoms with Gasteiger partial charge in [0.1, 0.15) is 11.5 Å². The van der Waals surface area contributed by atoms with E-state index in [1.807, 2.05) is 0 Å². The molecule has 0 bridgehead atoms. The molecule has 0 saturated heterocycles. The smallest absolute Gasteiger partial charge is 0.258 e. The molecule has 0 aliphatic carbocycles. The van der Waals surface area contributed by atoms with Crippen molar-refractivity contribution >= 4 is 11.9 Å².